The highest BCUT2D eigenvalue weighted by Gasteiger charge is 2.19. The molecule has 3 aromatic rings. The van der Waals surface area contributed by atoms with Gasteiger partial charge in [-0.1, -0.05) is 12.1 Å². The van der Waals surface area contributed by atoms with Crippen molar-refractivity contribution in [2.45, 2.75) is 25.9 Å². The summed E-state index contributed by atoms with van der Waals surface area (Å²) in [5.74, 6) is 0.709. The number of benzene rings is 2. The molecule has 3 rings (SSSR count). The molecule has 150 valence electrons. The van der Waals surface area contributed by atoms with Gasteiger partial charge in [0.25, 0.3) is 11.6 Å². The molecule has 2 aromatic carbocycles. The molecular formula is C20H19N3O6. The van der Waals surface area contributed by atoms with Gasteiger partial charge in [0.05, 0.1) is 12.0 Å². The Hall–Kier alpha value is -3.75. The van der Waals surface area contributed by atoms with Crippen LogP contribution in [0.15, 0.2) is 52.9 Å². The molecule has 0 saturated carbocycles. The summed E-state index contributed by atoms with van der Waals surface area (Å²) >= 11 is 0. The van der Waals surface area contributed by atoms with E-state index in [2.05, 4.69) is 10.2 Å². The number of esters is 1. The fourth-order valence-electron chi connectivity index (χ4n) is 2.59. The van der Waals surface area contributed by atoms with Gasteiger partial charge in [-0.15, -0.1) is 10.2 Å². The lowest BCUT2D eigenvalue weighted by atomic mass is 10.1. The predicted octanol–water partition coefficient (Wildman–Crippen LogP) is 3.89. The van der Waals surface area contributed by atoms with Crippen molar-refractivity contribution >= 4 is 11.7 Å². The van der Waals surface area contributed by atoms with E-state index in [4.69, 9.17) is 13.9 Å². The van der Waals surface area contributed by atoms with Crippen LogP contribution in [0, 0.1) is 10.1 Å². The molecule has 1 heterocycles. The van der Waals surface area contributed by atoms with Crippen LogP contribution in [0.5, 0.6) is 5.75 Å². The number of aromatic nitrogens is 2. The molecule has 0 N–H and O–H groups in total. The van der Waals surface area contributed by atoms with Gasteiger partial charge in [-0.3, -0.25) is 14.9 Å². The van der Waals surface area contributed by atoms with E-state index in [1.165, 1.54) is 24.3 Å². The number of rotatable bonds is 8. The minimum Gasteiger partial charge on any atom is -0.497 e. The van der Waals surface area contributed by atoms with Gasteiger partial charge in [-0.05, 0) is 43.2 Å². The summed E-state index contributed by atoms with van der Waals surface area (Å²) in [6.45, 7) is 1.64. The molecule has 0 spiro atoms. The Bertz CT molecular complexity index is 982. The van der Waals surface area contributed by atoms with Crippen molar-refractivity contribution in [2.75, 3.05) is 7.11 Å². The van der Waals surface area contributed by atoms with Crippen molar-refractivity contribution in [1.82, 2.24) is 10.2 Å². The fraction of sp³-hybridized carbons (Fsp3) is 0.250. The lowest BCUT2D eigenvalue weighted by Gasteiger charge is -2.09. The topological polar surface area (TPSA) is 118 Å². The third kappa shape index (κ3) is 5.16. The molecule has 0 unspecified atom stereocenters. The number of aryl methyl sites for hydroxylation is 1. The summed E-state index contributed by atoms with van der Waals surface area (Å²) in [5, 5.41) is 18.5. The van der Waals surface area contributed by atoms with Crippen LogP contribution in [0.4, 0.5) is 5.69 Å². The molecular weight excluding hydrogens is 378 g/mol. The highest BCUT2D eigenvalue weighted by atomic mass is 16.6. The molecule has 1 aromatic heterocycles. The molecule has 9 heteroatoms. The highest BCUT2D eigenvalue weighted by molar-refractivity contribution is 5.70. The van der Waals surface area contributed by atoms with Gasteiger partial charge in [-0.2, -0.15) is 0 Å². The number of hydrogen-bond donors (Lipinski definition) is 0. The number of nitrogens with zero attached hydrogens (tertiary/aromatic N) is 3. The fourth-order valence-corrected chi connectivity index (χ4v) is 2.59. The SMILES string of the molecule is COc1ccc(CCC(=O)O[C@@H](C)c2nnc(-c3ccc([N+](=O)[O-])cc3)o2)cc1. The Labute approximate surface area is 166 Å². The lowest BCUT2D eigenvalue weighted by molar-refractivity contribution is -0.384. The van der Waals surface area contributed by atoms with E-state index >= 15 is 0 Å². The third-order valence-corrected chi connectivity index (χ3v) is 4.20. The van der Waals surface area contributed by atoms with Crippen molar-refractivity contribution < 1.29 is 23.6 Å². The number of ether oxygens (including phenoxy) is 2. The van der Waals surface area contributed by atoms with Crippen LogP contribution in [-0.2, 0) is 16.0 Å². The minimum atomic E-state index is -0.710. The number of non-ortho nitro benzene ring substituents is 1. The number of methoxy groups -OCH3 is 1. The van der Waals surface area contributed by atoms with Crippen LogP contribution in [0.2, 0.25) is 0 Å². The zero-order valence-corrected chi connectivity index (χ0v) is 15.9. The molecule has 0 radical (unpaired) electrons. The van der Waals surface area contributed by atoms with E-state index in [1.54, 1.807) is 14.0 Å². The first-order valence-corrected chi connectivity index (χ1v) is 8.87. The van der Waals surface area contributed by atoms with Crippen LogP contribution in [-0.4, -0.2) is 28.2 Å². The summed E-state index contributed by atoms with van der Waals surface area (Å²) in [6, 6.07) is 13.2. The summed E-state index contributed by atoms with van der Waals surface area (Å²) in [4.78, 5) is 22.3. The maximum atomic E-state index is 12.1. The number of nitro groups is 1. The van der Waals surface area contributed by atoms with Crippen molar-refractivity contribution in [3.8, 4) is 17.2 Å². The highest BCUT2D eigenvalue weighted by Crippen LogP contribution is 2.24. The van der Waals surface area contributed by atoms with Gasteiger partial charge < -0.3 is 13.9 Å². The zero-order valence-electron chi connectivity index (χ0n) is 15.9. The molecule has 0 aliphatic heterocycles. The number of nitro benzene ring substituents is 1. The van der Waals surface area contributed by atoms with Gasteiger partial charge in [0.15, 0.2) is 6.10 Å². The van der Waals surface area contributed by atoms with Crippen LogP contribution in [0.25, 0.3) is 11.5 Å². The van der Waals surface area contributed by atoms with Crippen molar-refractivity contribution in [1.29, 1.82) is 0 Å². The summed E-state index contributed by atoms with van der Waals surface area (Å²) < 4.78 is 16.0. The Balaban J connectivity index is 1.55. The zero-order chi connectivity index (χ0) is 20.8. The van der Waals surface area contributed by atoms with Crippen LogP contribution >= 0.6 is 0 Å². The van der Waals surface area contributed by atoms with E-state index < -0.39 is 11.0 Å². The van der Waals surface area contributed by atoms with Gasteiger partial charge in [0.2, 0.25) is 5.89 Å². The largest absolute Gasteiger partial charge is 0.497 e. The van der Waals surface area contributed by atoms with Gasteiger partial charge in [0.1, 0.15) is 5.75 Å². The van der Waals surface area contributed by atoms with Crippen molar-refractivity contribution in [2.24, 2.45) is 0 Å². The molecule has 9 nitrogen and oxygen atoms in total. The van der Waals surface area contributed by atoms with Gasteiger partial charge >= 0.3 is 5.97 Å². The maximum Gasteiger partial charge on any atom is 0.306 e. The second-order valence-electron chi connectivity index (χ2n) is 6.23. The van der Waals surface area contributed by atoms with Crippen molar-refractivity contribution in [3.05, 3.63) is 70.1 Å². The molecule has 29 heavy (non-hydrogen) atoms. The Morgan fingerprint density at radius 3 is 2.45 bits per heavy atom. The van der Waals surface area contributed by atoms with Gasteiger partial charge in [0, 0.05) is 24.1 Å². The molecule has 0 aliphatic rings. The molecule has 1 atom stereocenters. The third-order valence-electron chi connectivity index (χ3n) is 4.20. The van der Waals surface area contributed by atoms with Crippen LogP contribution in [0.3, 0.4) is 0 Å². The standard InChI is InChI=1S/C20H19N3O6/c1-13(28-18(24)12-5-14-3-10-17(27-2)11-4-14)19-21-22-20(29-19)15-6-8-16(9-7-15)23(25)26/h3-4,6-11,13H,5,12H2,1-2H3/t13-/m0/s1. The second-order valence-corrected chi connectivity index (χ2v) is 6.23. The van der Waals surface area contributed by atoms with Crippen LogP contribution < -0.4 is 4.74 Å². The monoisotopic (exact) mass is 397 g/mol. The molecule has 0 aliphatic carbocycles. The Kier molecular flexibility index (Phi) is 6.18. The normalized spacial score (nSPS) is 11.7. The van der Waals surface area contributed by atoms with E-state index in [9.17, 15) is 14.9 Å². The van der Waals surface area contributed by atoms with E-state index in [0.29, 0.717) is 12.0 Å². The molecule has 0 amide bonds. The first-order valence-electron chi connectivity index (χ1n) is 8.87. The average Bonchev–Trinajstić information content (AvgIpc) is 3.23. The number of carbonyl (C=O) groups excluding carboxylic acids is 1. The first kappa shape index (κ1) is 20.0. The molecule has 0 bridgehead atoms. The Morgan fingerprint density at radius 2 is 1.83 bits per heavy atom. The van der Waals surface area contributed by atoms with E-state index in [0.717, 1.165) is 11.3 Å². The first-order chi connectivity index (χ1) is 14.0. The molecule has 0 fully saturated rings. The maximum absolute atomic E-state index is 12.1. The summed E-state index contributed by atoms with van der Waals surface area (Å²) in [5.41, 5.74) is 1.49. The molecule has 0 saturated heterocycles. The van der Waals surface area contributed by atoms with E-state index in [1.807, 2.05) is 24.3 Å². The smallest absolute Gasteiger partial charge is 0.306 e. The van der Waals surface area contributed by atoms with Crippen LogP contribution in [0.1, 0.15) is 30.9 Å². The van der Waals surface area contributed by atoms with E-state index in [-0.39, 0.29) is 29.9 Å². The minimum absolute atomic E-state index is 0.0346. The average molecular weight is 397 g/mol. The van der Waals surface area contributed by atoms with Gasteiger partial charge in [-0.25, -0.2) is 0 Å². The lowest BCUT2D eigenvalue weighted by Crippen LogP contribution is -2.10. The quantitative estimate of drug-likeness (QED) is 0.319. The Morgan fingerprint density at radius 1 is 1.14 bits per heavy atom. The summed E-state index contributed by atoms with van der Waals surface area (Å²) in [6.07, 6.45) is 0.0330. The second kappa shape index (κ2) is 8.96. The van der Waals surface area contributed by atoms with Crippen molar-refractivity contribution in [3.63, 3.8) is 0 Å². The predicted molar refractivity (Wildman–Crippen MR) is 102 cm³/mol. The number of hydrogen-bond acceptors (Lipinski definition) is 8. The summed E-state index contributed by atoms with van der Waals surface area (Å²) in [7, 11) is 1.60. The number of carbonyl (C=O) groups is 1.